The second-order valence-electron chi connectivity index (χ2n) is 6.84. The fraction of sp³-hybridized carbons (Fsp3) is 0.350. The Labute approximate surface area is 156 Å². The molecule has 0 aliphatic heterocycles. The number of fused-ring (bicyclic) bond motifs is 1. The van der Waals surface area contributed by atoms with Crippen molar-refractivity contribution >= 4 is 33.2 Å². The smallest absolute Gasteiger partial charge is 0.260 e. The molecule has 0 saturated heterocycles. The van der Waals surface area contributed by atoms with Crippen LogP contribution in [-0.4, -0.2) is 14.5 Å². The molecule has 5 nitrogen and oxygen atoms in total. The van der Waals surface area contributed by atoms with Gasteiger partial charge in [0.2, 0.25) is 0 Å². The van der Waals surface area contributed by atoms with Gasteiger partial charge < -0.3 is 9.55 Å². The highest BCUT2D eigenvalue weighted by molar-refractivity contribution is 7.18. The predicted octanol–water partition coefficient (Wildman–Crippen LogP) is 4.66. The molecule has 0 unspecified atom stereocenters. The molecule has 0 saturated carbocycles. The molecule has 0 aliphatic carbocycles. The highest BCUT2D eigenvalue weighted by Gasteiger charge is 2.15. The summed E-state index contributed by atoms with van der Waals surface area (Å²) < 4.78 is 2.23. The molecule has 0 bridgehead atoms. The monoisotopic (exact) mass is 366 g/mol. The molecule has 3 aromatic rings. The number of allylic oxidation sites excluding steroid dienone is 1. The molecule has 0 fully saturated rings. The van der Waals surface area contributed by atoms with E-state index in [0.29, 0.717) is 27.7 Å². The van der Waals surface area contributed by atoms with Gasteiger partial charge in [-0.2, -0.15) is 5.26 Å². The van der Waals surface area contributed by atoms with Gasteiger partial charge in [0, 0.05) is 22.3 Å². The van der Waals surface area contributed by atoms with Gasteiger partial charge in [0.1, 0.15) is 10.9 Å². The number of aromatic nitrogens is 3. The molecule has 134 valence electrons. The van der Waals surface area contributed by atoms with Gasteiger partial charge in [-0.1, -0.05) is 0 Å². The van der Waals surface area contributed by atoms with E-state index >= 15 is 0 Å². The van der Waals surface area contributed by atoms with Crippen molar-refractivity contribution in [2.24, 2.45) is 0 Å². The molecule has 3 heterocycles. The molecule has 0 aliphatic rings. The Kier molecular flexibility index (Phi) is 4.59. The Morgan fingerprint density at radius 2 is 2.04 bits per heavy atom. The first kappa shape index (κ1) is 18.2. The molecule has 6 heteroatoms. The van der Waals surface area contributed by atoms with Crippen molar-refractivity contribution in [2.75, 3.05) is 0 Å². The molecule has 0 atom stereocenters. The molecule has 0 aromatic carbocycles. The molecule has 0 radical (unpaired) electrons. The largest absolute Gasteiger partial charge is 0.346 e. The molecule has 0 spiro atoms. The van der Waals surface area contributed by atoms with Crippen LogP contribution in [0.1, 0.15) is 53.1 Å². The van der Waals surface area contributed by atoms with Crippen LogP contribution in [0.25, 0.3) is 21.9 Å². The topological polar surface area (TPSA) is 74.5 Å². The van der Waals surface area contributed by atoms with Gasteiger partial charge >= 0.3 is 0 Å². The van der Waals surface area contributed by atoms with Crippen LogP contribution in [0.5, 0.6) is 0 Å². The zero-order valence-electron chi connectivity index (χ0n) is 15.9. The standard InChI is InChI=1S/C20H22N4OS/c1-10(2)24-11(3)7-15(13(24)5)8-16(9-21)18-22-19(25)17-12(4)14(6)26-20(17)23-18/h7-8,10H,1-6H3,(H,22,23,25). The van der Waals surface area contributed by atoms with E-state index in [4.69, 9.17) is 0 Å². The zero-order chi connectivity index (χ0) is 19.2. The summed E-state index contributed by atoms with van der Waals surface area (Å²) in [6.45, 7) is 12.3. The van der Waals surface area contributed by atoms with Crippen LogP contribution < -0.4 is 5.56 Å². The van der Waals surface area contributed by atoms with Crippen molar-refractivity contribution in [1.82, 2.24) is 14.5 Å². The number of hydrogen-bond donors (Lipinski definition) is 1. The Balaban J connectivity index is 2.18. The third-order valence-corrected chi connectivity index (χ3v) is 5.86. The van der Waals surface area contributed by atoms with E-state index in [0.717, 1.165) is 27.4 Å². The summed E-state index contributed by atoms with van der Waals surface area (Å²) >= 11 is 1.48. The second kappa shape index (κ2) is 6.58. The van der Waals surface area contributed by atoms with Crippen LogP contribution in [0.2, 0.25) is 0 Å². The molecule has 3 rings (SSSR count). The number of H-pyrrole nitrogens is 1. The minimum Gasteiger partial charge on any atom is -0.346 e. The molecule has 1 N–H and O–H groups in total. The second-order valence-corrected chi connectivity index (χ2v) is 8.04. The summed E-state index contributed by atoms with van der Waals surface area (Å²) in [7, 11) is 0. The number of nitriles is 1. The maximum atomic E-state index is 12.5. The van der Waals surface area contributed by atoms with Crippen LogP contribution in [0.15, 0.2) is 10.9 Å². The molecular weight excluding hydrogens is 344 g/mol. The Bertz CT molecular complexity index is 1140. The van der Waals surface area contributed by atoms with E-state index in [2.05, 4.69) is 47.4 Å². The van der Waals surface area contributed by atoms with Crippen molar-refractivity contribution in [3.8, 4) is 6.07 Å². The highest BCUT2D eigenvalue weighted by atomic mass is 32.1. The number of thiophene rings is 1. The summed E-state index contributed by atoms with van der Waals surface area (Å²) in [6, 6.07) is 4.59. The van der Waals surface area contributed by atoms with Gasteiger partial charge in [-0.05, 0) is 64.8 Å². The van der Waals surface area contributed by atoms with E-state index in [9.17, 15) is 10.1 Å². The lowest BCUT2D eigenvalue weighted by Gasteiger charge is -2.13. The van der Waals surface area contributed by atoms with Gasteiger partial charge in [-0.15, -0.1) is 11.3 Å². The zero-order valence-corrected chi connectivity index (χ0v) is 16.7. The molecular formula is C20H22N4OS. The number of nitrogens with zero attached hydrogens (tertiary/aromatic N) is 3. The number of rotatable bonds is 3. The lowest BCUT2D eigenvalue weighted by molar-refractivity contribution is 0.574. The van der Waals surface area contributed by atoms with Crippen molar-refractivity contribution in [3.05, 3.63) is 49.6 Å². The van der Waals surface area contributed by atoms with Crippen LogP contribution >= 0.6 is 11.3 Å². The van der Waals surface area contributed by atoms with Crippen LogP contribution in [0.3, 0.4) is 0 Å². The number of hydrogen-bond acceptors (Lipinski definition) is 4. The van der Waals surface area contributed by atoms with Gasteiger partial charge in [0.05, 0.1) is 11.0 Å². The Morgan fingerprint density at radius 1 is 1.35 bits per heavy atom. The minimum absolute atomic E-state index is 0.194. The van der Waals surface area contributed by atoms with Crippen LogP contribution in [0, 0.1) is 39.0 Å². The fourth-order valence-electron chi connectivity index (χ4n) is 3.43. The van der Waals surface area contributed by atoms with E-state index in [-0.39, 0.29) is 5.56 Å². The Morgan fingerprint density at radius 3 is 2.62 bits per heavy atom. The van der Waals surface area contributed by atoms with E-state index in [1.165, 1.54) is 11.3 Å². The molecule has 26 heavy (non-hydrogen) atoms. The summed E-state index contributed by atoms with van der Waals surface area (Å²) in [5, 5.41) is 10.3. The van der Waals surface area contributed by atoms with Gasteiger partial charge in [0.25, 0.3) is 5.56 Å². The van der Waals surface area contributed by atoms with E-state index < -0.39 is 0 Å². The lowest BCUT2D eigenvalue weighted by Crippen LogP contribution is -2.10. The minimum atomic E-state index is -0.194. The van der Waals surface area contributed by atoms with Gasteiger partial charge in [-0.3, -0.25) is 4.79 Å². The molecule has 3 aromatic heterocycles. The van der Waals surface area contributed by atoms with E-state index in [1.807, 2.05) is 20.8 Å². The molecule has 0 amide bonds. The van der Waals surface area contributed by atoms with E-state index in [1.54, 1.807) is 6.08 Å². The first-order valence-electron chi connectivity index (χ1n) is 8.55. The van der Waals surface area contributed by atoms with Crippen molar-refractivity contribution in [2.45, 2.75) is 47.6 Å². The Hall–Kier alpha value is -2.65. The summed E-state index contributed by atoms with van der Waals surface area (Å²) in [4.78, 5) is 21.6. The lowest BCUT2D eigenvalue weighted by atomic mass is 10.1. The third kappa shape index (κ3) is 2.89. The number of aryl methyl sites for hydroxylation is 3. The first-order chi connectivity index (χ1) is 12.2. The average molecular weight is 366 g/mol. The fourth-order valence-corrected chi connectivity index (χ4v) is 4.46. The number of nitrogens with one attached hydrogen (secondary N) is 1. The quantitative estimate of drug-likeness (QED) is 0.685. The van der Waals surface area contributed by atoms with Crippen LogP contribution in [0.4, 0.5) is 0 Å². The van der Waals surface area contributed by atoms with Gasteiger partial charge in [0.15, 0.2) is 5.82 Å². The highest BCUT2D eigenvalue weighted by Crippen LogP contribution is 2.28. The summed E-state index contributed by atoms with van der Waals surface area (Å²) in [5.74, 6) is 0.320. The third-order valence-electron chi connectivity index (χ3n) is 4.75. The van der Waals surface area contributed by atoms with Gasteiger partial charge in [-0.25, -0.2) is 4.98 Å². The predicted molar refractivity (Wildman–Crippen MR) is 107 cm³/mol. The maximum Gasteiger partial charge on any atom is 0.260 e. The summed E-state index contributed by atoms with van der Waals surface area (Å²) in [6.07, 6.45) is 1.80. The summed E-state index contributed by atoms with van der Waals surface area (Å²) in [5.41, 5.74) is 4.32. The normalized spacial score (nSPS) is 12.2. The van der Waals surface area contributed by atoms with Crippen molar-refractivity contribution in [1.29, 1.82) is 5.26 Å². The number of aromatic amines is 1. The van der Waals surface area contributed by atoms with Crippen molar-refractivity contribution in [3.63, 3.8) is 0 Å². The average Bonchev–Trinajstić information content (AvgIpc) is 3.01. The first-order valence-corrected chi connectivity index (χ1v) is 9.36. The van der Waals surface area contributed by atoms with Crippen LogP contribution in [-0.2, 0) is 0 Å². The SMILES string of the molecule is Cc1sc2nc(C(C#N)=Cc3cc(C)n(C(C)C)c3C)[nH]c(=O)c2c1C. The van der Waals surface area contributed by atoms with Crippen molar-refractivity contribution < 1.29 is 0 Å². The maximum absolute atomic E-state index is 12.5.